The van der Waals surface area contributed by atoms with Crippen LogP contribution in [-0.4, -0.2) is 20.9 Å². The van der Waals surface area contributed by atoms with Gasteiger partial charge in [0.25, 0.3) is 5.91 Å². The van der Waals surface area contributed by atoms with Gasteiger partial charge in [0.1, 0.15) is 5.69 Å². The van der Waals surface area contributed by atoms with Gasteiger partial charge in [-0.25, -0.2) is 4.98 Å². The average Bonchev–Trinajstić information content (AvgIpc) is 3.20. The van der Waals surface area contributed by atoms with Crippen LogP contribution in [0.4, 0.5) is 0 Å². The normalized spacial score (nSPS) is 10.7. The fourth-order valence-corrected chi connectivity index (χ4v) is 3.31. The molecule has 4 aromatic rings. The maximum absolute atomic E-state index is 12.4. The van der Waals surface area contributed by atoms with E-state index in [0.717, 1.165) is 21.7 Å². The van der Waals surface area contributed by atoms with Crippen LogP contribution in [-0.2, 0) is 6.54 Å². The fraction of sp³-hybridized carbons (Fsp3) is 0.0526. The lowest BCUT2D eigenvalue weighted by molar-refractivity contribution is 0.0946. The van der Waals surface area contributed by atoms with Crippen LogP contribution < -0.4 is 5.32 Å². The number of hydrogen-bond acceptors (Lipinski definition) is 5. The highest BCUT2D eigenvalue weighted by Crippen LogP contribution is 2.25. The Morgan fingerprint density at radius 1 is 1.00 bits per heavy atom. The second kappa shape index (κ2) is 6.78. The molecule has 0 radical (unpaired) electrons. The number of rotatable bonds is 4. The minimum Gasteiger partial charge on any atom is -0.346 e. The summed E-state index contributed by atoms with van der Waals surface area (Å²) >= 11 is 1.62. The van der Waals surface area contributed by atoms with Crippen LogP contribution in [0, 0.1) is 0 Å². The van der Waals surface area contributed by atoms with Gasteiger partial charge in [0.15, 0.2) is 0 Å². The molecule has 1 aromatic carbocycles. The molecular weight excluding hydrogens is 332 g/mol. The Balaban J connectivity index is 1.54. The van der Waals surface area contributed by atoms with Crippen LogP contribution >= 0.6 is 11.3 Å². The third-order valence-electron chi connectivity index (χ3n) is 3.77. The van der Waals surface area contributed by atoms with E-state index in [1.54, 1.807) is 17.5 Å². The number of nitrogens with zero attached hydrogens (tertiary/aromatic N) is 3. The van der Waals surface area contributed by atoms with Crippen LogP contribution in [0.3, 0.4) is 0 Å². The third-order valence-corrected chi connectivity index (χ3v) is 4.64. The molecule has 25 heavy (non-hydrogen) atoms. The second-order valence-corrected chi connectivity index (χ2v) is 6.36. The molecule has 122 valence electrons. The number of thiophene rings is 1. The molecule has 5 nitrogen and oxygen atoms in total. The van der Waals surface area contributed by atoms with Crippen molar-refractivity contribution in [3.8, 4) is 10.6 Å². The molecular formula is C19H14N4OS. The zero-order chi connectivity index (χ0) is 17.1. The van der Waals surface area contributed by atoms with Crippen molar-refractivity contribution in [1.29, 1.82) is 0 Å². The van der Waals surface area contributed by atoms with Crippen LogP contribution in [0.25, 0.3) is 21.6 Å². The van der Waals surface area contributed by atoms with E-state index in [2.05, 4.69) is 20.3 Å². The summed E-state index contributed by atoms with van der Waals surface area (Å²) in [4.78, 5) is 26.6. The molecule has 0 unspecified atom stereocenters. The van der Waals surface area contributed by atoms with Crippen molar-refractivity contribution in [3.05, 3.63) is 77.6 Å². The van der Waals surface area contributed by atoms with Crippen LogP contribution in [0.15, 0.2) is 66.3 Å². The SMILES string of the molecule is O=C(NCc1cccnc1-c1cccs1)c1cnc2ccccc2n1. The second-order valence-electron chi connectivity index (χ2n) is 5.42. The van der Waals surface area contributed by atoms with Gasteiger partial charge in [-0.3, -0.25) is 14.8 Å². The molecule has 0 aliphatic rings. The van der Waals surface area contributed by atoms with Crippen molar-refractivity contribution in [2.24, 2.45) is 0 Å². The largest absolute Gasteiger partial charge is 0.346 e. The number of para-hydroxylation sites is 2. The number of aromatic nitrogens is 3. The predicted octanol–water partition coefficient (Wildman–Crippen LogP) is 3.68. The van der Waals surface area contributed by atoms with Crippen molar-refractivity contribution in [1.82, 2.24) is 20.3 Å². The third kappa shape index (κ3) is 3.25. The number of carbonyl (C=O) groups is 1. The molecule has 0 aliphatic carbocycles. The highest BCUT2D eigenvalue weighted by molar-refractivity contribution is 7.13. The van der Waals surface area contributed by atoms with Crippen LogP contribution in [0.2, 0.25) is 0 Å². The number of carbonyl (C=O) groups excluding carboxylic acids is 1. The zero-order valence-electron chi connectivity index (χ0n) is 13.2. The Morgan fingerprint density at radius 3 is 2.72 bits per heavy atom. The Kier molecular flexibility index (Phi) is 4.18. The zero-order valence-corrected chi connectivity index (χ0v) is 14.0. The summed E-state index contributed by atoms with van der Waals surface area (Å²) in [6.07, 6.45) is 3.26. The van der Waals surface area contributed by atoms with E-state index in [4.69, 9.17) is 0 Å². The molecule has 0 atom stereocenters. The average molecular weight is 346 g/mol. The van der Waals surface area contributed by atoms with Gasteiger partial charge < -0.3 is 5.32 Å². The minimum atomic E-state index is -0.251. The summed E-state index contributed by atoms with van der Waals surface area (Å²) in [5.74, 6) is -0.251. The van der Waals surface area contributed by atoms with E-state index < -0.39 is 0 Å². The Morgan fingerprint density at radius 2 is 1.88 bits per heavy atom. The maximum atomic E-state index is 12.4. The molecule has 0 spiro atoms. The van der Waals surface area contributed by atoms with Gasteiger partial charge in [-0.2, -0.15) is 0 Å². The van der Waals surface area contributed by atoms with Crippen LogP contribution in [0.1, 0.15) is 16.1 Å². The molecule has 0 saturated heterocycles. The number of fused-ring (bicyclic) bond motifs is 1. The van der Waals surface area contributed by atoms with Crippen molar-refractivity contribution in [2.75, 3.05) is 0 Å². The number of benzene rings is 1. The first kappa shape index (κ1) is 15.4. The highest BCUT2D eigenvalue weighted by atomic mass is 32.1. The molecule has 0 saturated carbocycles. The Labute approximate surface area is 148 Å². The smallest absolute Gasteiger partial charge is 0.271 e. The molecule has 0 bridgehead atoms. The van der Waals surface area contributed by atoms with Gasteiger partial charge in [-0.1, -0.05) is 24.3 Å². The number of amides is 1. The first-order chi connectivity index (χ1) is 12.3. The van der Waals surface area contributed by atoms with E-state index in [1.807, 2.05) is 53.9 Å². The standard InChI is InChI=1S/C19H14N4OS/c24-19(16-12-21-14-6-1-2-7-15(14)23-16)22-11-13-5-3-9-20-18(13)17-8-4-10-25-17/h1-10,12H,11H2,(H,22,24). The number of nitrogens with one attached hydrogen (secondary N) is 1. The van der Waals surface area contributed by atoms with Gasteiger partial charge in [-0.15, -0.1) is 11.3 Å². The summed E-state index contributed by atoms with van der Waals surface area (Å²) < 4.78 is 0. The summed E-state index contributed by atoms with van der Waals surface area (Å²) in [6.45, 7) is 0.383. The fourth-order valence-electron chi connectivity index (χ4n) is 2.55. The van der Waals surface area contributed by atoms with E-state index >= 15 is 0 Å². The number of pyridine rings is 1. The summed E-state index contributed by atoms with van der Waals surface area (Å²) in [5, 5.41) is 4.92. The minimum absolute atomic E-state index is 0.251. The predicted molar refractivity (Wildman–Crippen MR) is 98.3 cm³/mol. The van der Waals surface area contributed by atoms with Gasteiger partial charge in [-0.05, 0) is 35.2 Å². The molecule has 6 heteroatoms. The van der Waals surface area contributed by atoms with Crippen molar-refractivity contribution >= 4 is 28.3 Å². The maximum Gasteiger partial charge on any atom is 0.271 e. The molecule has 3 heterocycles. The van der Waals surface area contributed by atoms with Gasteiger partial charge >= 0.3 is 0 Å². The summed E-state index contributed by atoms with van der Waals surface area (Å²) in [6, 6.07) is 15.3. The molecule has 4 rings (SSSR count). The van der Waals surface area contributed by atoms with E-state index in [9.17, 15) is 4.79 Å². The first-order valence-electron chi connectivity index (χ1n) is 7.79. The molecule has 0 fully saturated rings. The summed E-state index contributed by atoms with van der Waals surface area (Å²) in [5.41, 5.74) is 3.64. The highest BCUT2D eigenvalue weighted by Gasteiger charge is 2.12. The molecule has 1 amide bonds. The van der Waals surface area contributed by atoms with Crippen molar-refractivity contribution < 1.29 is 4.79 Å². The van der Waals surface area contributed by atoms with Crippen molar-refractivity contribution in [2.45, 2.75) is 6.54 Å². The summed E-state index contributed by atoms with van der Waals surface area (Å²) in [7, 11) is 0. The number of hydrogen-bond donors (Lipinski definition) is 1. The van der Waals surface area contributed by atoms with Gasteiger partial charge in [0.2, 0.25) is 0 Å². The monoisotopic (exact) mass is 346 g/mol. The topological polar surface area (TPSA) is 67.8 Å². The van der Waals surface area contributed by atoms with E-state index in [1.165, 1.54) is 6.20 Å². The molecule has 1 N–H and O–H groups in total. The first-order valence-corrected chi connectivity index (χ1v) is 8.67. The molecule has 3 aromatic heterocycles. The molecule has 0 aliphatic heterocycles. The van der Waals surface area contributed by atoms with Gasteiger partial charge in [0, 0.05) is 12.7 Å². The lowest BCUT2D eigenvalue weighted by Crippen LogP contribution is -2.24. The van der Waals surface area contributed by atoms with E-state index in [-0.39, 0.29) is 5.91 Å². The lowest BCUT2D eigenvalue weighted by atomic mass is 10.1. The quantitative estimate of drug-likeness (QED) is 0.612. The van der Waals surface area contributed by atoms with Crippen LogP contribution in [0.5, 0.6) is 0 Å². The Hall–Kier alpha value is -3.12. The Bertz CT molecular complexity index is 1030. The lowest BCUT2D eigenvalue weighted by Gasteiger charge is -2.08. The van der Waals surface area contributed by atoms with E-state index in [0.29, 0.717) is 17.8 Å². The van der Waals surface area contributed by atoms with Gasteiger partial charge in [0.05, 0.1) is 27.8 Å². The van der Waals surface area contributed by atoms with Crippen molar-refractivity contribution in [3.63, 3.8) is 0 Å².